The minimum absolute atomic E-state index is 0.0876. The summed E-state index contributed by atoms with van der Waals surface area (Å²) >= 11 is 1.64. The quantitative estimate of drug-likeness (QED) is 0.785. The lowest BCUT2D eigenvalue weighted by Crippen LogP contribution is -2.49. The van der Waals surface area contributed by atoms with Crippen LogP contribution in [-0.2, 0) is 0 Å². The third-order valence-corrected chi connectivity index (χ3v) is 6.41. The number of piperazine rings is 1. The van der Waals surface area contributed by atoms with Gasteiger partial charge in [-0.2, -0.15) is 0 Å². The first kappa shape index (κ1) is 16.7. The van der Waals surface area contributed by atoms with Gasteiger partial charge in [-0.3, -0.25) is 9.69 Å². The van der Waals surface area contributed by atoms with Crippen LogP contribution < -0.4 is 4.90 Å². The number of benzene rings is 1. The van der Waals surface area contributed by atoms with Gasteiger partial charge in [-0.1, -0.05) is 48.4 Å². The van der Waals surface area contributed by atoms with Crippen molar-refractivity contribution in [3.63, 3.8) is 0 Å². The summed E-state index contributed by atoms with van der Waals surface area (Å²) in [6, 6.07) is 8.45. The topological polar surface area (TPSA) is 49.3 Å². The van der Waals surface area contributed by atoms with Gasteiger partial charge in [0.1, 0.15) is 5.01 Å². The van der Waals surface area contributed by atoms with Crippen molar-refractivity contribution in [1.29, 1.82) is 0 Å². The highest BCUT2D eigenvalue weighted by Crippen LogP contribution is 2.30. The zero-order valence-corrected chi connectivity index (χ0v) is 15.5. The Morgan fingerprint density at radius 2 is 1.72 bits per heavy atom. The first-order valence-corrected chi connectivity index (χ1v) is 9.96. The highest BCUT2D eigenvalue weighted by Gasteiger charge is 2.27. The van der Waals surface area contributed by atoms with Gasteiger partial charge < -0.3 is 4.90 Å². The van der Waals surface area contributed by atoms with Crippen molar-refractivity contribution in [3.8, 4) is 10.6 Å². The highest BCUT2D eigenvalue weighted by molar-refractivity contribution is 7.18. The molecule has 6 heteroatoms. The number of aromatic nitrogens is 2. The number of rotatable bonds is 4. The van der Waals surface area contributed by atoms with Crippen molar-refractivity contribution < 1.29 is 4.79 Å². The smallest absolute Gasteiger partial charge is 0.208 e. The Labute approximate surface area is 152 Å². The zero-order valence-electron chi connectivity index (χ0n) is 14.6. The zero-order chi connectivity index (χ0) is 17.2. The van der Waals surface area contributed by atoms with E-state index in [-0.39, 0.29) is 5.78 Å². The van der Waals surface area contributed by atoms with Crippen molar-refractivity contribution >= 4 is 22.3 Å². The first-order chi connectivity index (χ1) is 12.2. The van der Waals surface area contributed by atoms with Gasteiger partial charge in [0.2, 0.25) is 5.13 Å². The van der Waals surface area contributed by atoms with Gasteiger partial charge in [0.15, 0.2) is 5.78 Å². The number of hydrogen-bond acceptors (Lipinski definition) is 6. The van der Waals surface area contributed by atoms with Crippen molar-refractivity contribution in [2.24, 2.45) is 0 Å². The predicted octanol–water partition coefficient (Wildman–Crippen LogP) is 3.47. The molecule has 2 heterocycles. The molecule has 0 unspecified atom stereocenters. The summed E-state index contributed by atoms with van der Waals surface area (Å²) in [4.78, 5) is 16.4. The third kappa shape index (κ3) is 3.60. The van der Waals surface area contributed by atoms with Crippen LogP contribution in [0.3, 0.4) is 0 Å². The van der Waals surface area contributed by atoms with Gasteiger partial charge in [0.25, 0.3) is 0 Å². The van der Waals surface area contributed by atoms with Gasteiger partial charge in [-0.15, -0.1) is 10.2 Å². The van der Waals surface area contributed by atoms with Gasteiger partial charge in [-0.25, -0.2) is 0 Å². The van der Waals surface area contributed by atoms with E-state index in [4.69, 9.17) is 0 Å². The summed E-state index contributed by atoms with van der Waals surface area (Å²) in [6.45, 7) is 5.92. The Hall–Kier alpha value is -1.79. The molecule has 2 aromatic rings. The van der Waals surface area contributed by atoms with Crippen LogP contribution in [0.2, 0.25) is 0 Å². The molecule has 25 heavy (non-hydrogen) atoms. The number of Topliss-reactive ketones (excluding diaryl/α,β-unsaturated/α-hetero) is 1. The monoisotopic (exact) mass is 356 g/mol. The van der Waals surface area contributed by atoms with Crippen molar-refractivity contribution in [2.75, 3.05) is 31.1 Å². The fourth-order valence-electron chi connectivity index (χ4n) is 3.86. The largest absolute Gasteiger partial charge is 0.344 e. The highest BCUT2D eigenvalue weighted by atomic mass is 32.1. The van der Waals surface area contributed by atoms with Gasteiger partial charge in [0, 0.05) is 43.3 Å². The summed E-state index contributed by atoms with van der Waals surface area (Å²) in [6.07, 6.45) is 5.54. The van der Waals surface area contributed by atoms with E-state index < -0.39 is 0 Å². The van der Waals surface area contributed by atoms with E-state index in [1.165, 1.54) is 25.7 Å². The minimum atomic E-state index is 0.0876. The summed E-state index contributed by atoms with van der Waals surface area (Å²) in [5, 5.41) is 10.7. The van der Waals surface area contributed by atoms with Crippen molar-refractivity contribution in [3.05, 3.63) is 29.8 Å². The average molecular weight is 356 g/mol. The predicted molar refractivity (Wildman–Crippen MR) is 101 cm³/mol. The van der Waals surface area contributed by atoms with Crippen molar-refractivity contribution in [1.82, 2.24) is 15.1 Å². The molecule has 2 fully saturated rings. The number of nitrogens with zero attached hydrogens (tertiary/aromatic N) is 4. The van der Waals surface area contributed by atoms with Gasteiger partial charge in [-0.05, 0) is 19.8 Å². The van der Waals surface area contributed by atoms with Crippen LogP contribution in [0.1, 0.15) is 43.0 Å². The van der Waals surface area contributed by atoms with Gasteiger partial charge in [0.05, 0.1) is 0 Å². The lowest BCUT2D eigenvalue weighted by Gasteiger charge is -2.37. The third-order valence-electron chi connectivity index (χ3n) is 5.38. The van der Waals surface area contributed by atoms with E-state index in [0.717, 1.165) is 53.5 Å². The second-order valence-corrected chi connectivity index (χ2v) is 7.94. The molecule has 1 saturated carbocycles. The fourth-order valence-corrected chi connectivity index (χ4v) is 4.76. The summed E-state index contributed by atoms with van der Waals surface area (Å²) in [5.74, 6) is 0.0876. The van der Waals surface area contributed by atoms with Gasteiger partial charge >= 0.3 is 0 Å². The molecule has 4 rings (SSSR count). The number of hydrogen-bond donors (Lipinski definition) is 0. The fraction of sp³-hybridized carbons (Fsp3) is 0.526. The van der Waals surface area contributed by atoms with E-state index in [1.54, 1.807) is 18.3 Å². The maximum atomic E-state index is 11.4. The van der Waals surface area contributed by atoms with E-state index in [9.17, 15) is 4.79 Å². The van der Waals surface area contributed by atoms with Crippen LogP contribution in [0.5, 0.6) is 0 Å². The summed E-state index contributed by atoms with van der Waals surface area (Å²) in [7, 11) is 0. The molecular formula is C19H24N4OS. The molecule has 5 nitrogen and oxygen atoms in total. The number of ketones is 1. The number of anilines is 1. The Kier molecular flexibility index (Phi) is 4.81. The Morgan fingerprint density at radius 1 is 1.04 bits per heavy atom. The molecule has 1 saturated heterocycles. The van der Waals surface area contributed by atoms with Crippen LogP contribution in [0.4, 0.5) is 5.13 Å². The Bertz CT molecular complexity index is 728. The molecule has 0 atom stereocenters. The molecule has 1 aromatic heterocycles. The average Bonchev–Trinajstić information content (AvgIpc) is 3.34. The van der Waals surface area contributed by atoms with E-state index in [2.05, 4.69) is 20.0 Å². The van der Waals surface area contributed by atoms with Crippen LogP contribution >= 0.6 is 11.3 Å². The van der Waals surface area contributed by atoms with E-state index in [1.807, 2.05) is 24.3 Å². The molecular weight excluding hydrogens is 332 g/mol. The molecule has 0 amide bonds. The van der Waals surface area contributed by atoms with Crippen LogP contribution in [0, 0.1) is 0 Å². The molecule has 0 N–H and O–H groups in total. The Balaban J connectivity index is 1.40. The summed E-state index contributed by atoms with van der Waals surface area (Å²) in [5.41, 5.74) is 1.76. The lowest BCUT2D eigenvalue weighted by atomic mass is 10.1. The molecule has 0 bridgehead atoms. The minimum Gasteiger partial charge on any atom is -0.344 e. The number of carbonyl (C=O) groups excluding carboxylic acids is 1. The molecule has 132 valence electrons. The van der Waals surface area contributed by atoms with Crippen LogP contribution in [-0.4, -0.2) is 53.1 Å². The van der Waals surface area contributed by atoms with Crippen molar-refractivity contribution in [2.45, 2.75) is 38.6 Å². The van der Waals surface area contributed by atoms with Crippen LogP contribution in [0.25, 0.3) is 10.6 Å². The maximum Gasteiger partial charge on any atom is 0.208 e. The summed E-state index contributed by atoms with van der Waals surface area (Å²) < 4.78 is 0. The molecule has 1 aliphatic carbocycles. The number of carbonyl (C=O) groups is 1. The van der Waals surface area contributed by atoms with Crippen LogP contribution in [0.15, 0.2) is 24.3 Å². The standard InChI is InChI=1S/C19H24N4OS/c1-14(24)15-6-8-16(9-7-15)18-20-21-19(25-18)23-12-10-22(11-13-23)17-4-2-3-5-17/h6-9,17H,2-5,10-13H2,1H3. The molecule has 0 spiro atoms. The Morgan fingerprint density at radius 3 is 2.36 bits per heavy atom. The molecule has 0 radical (unpaired) electrons. The lowest BCUT2D eigenvalue weighted by molar-refractivity contribution is 0.101. The first-order valence-electron chi connectivity index (χ1n) is 9.14. The molecule has 1 aliphatic heterocycles. The molecule has 2 aliphatic rings. The normalized spacial score (nSPS) is 19.5. The second kappa shape index (κ2) is 7.22. The van der Waals surface area contributed by atoms with E-state index >= 15 is 0 Å². The van der Waals surface area contributed by atoms with E-state index in [0.29, 0.717) is 0 Å². The maximum absolute atomic E-state index is 11.4. The molecule has 1 aromatic carbocycles. The SMILES string of the molecule is CC(=O)c1ccc(-c2nnc(N3CCN(C4CCCC4)CC3)s2)cc1. The second-order valence-electron chi connectivity index (χ2n) is 6.98.